The van der Waals surface area contributed by atoms with Crippen LogP contribution in [0.3, 0.4) is 0 Å². The van der Waals surface area contributed by atoms with Crippen molar-refractivity contribution in [3.8, 4) is 23.1 Å². The maximum atomic E-state index is 12.6. The van der Waals surface area contributed by atoms with E-state index < -0.39 is 0 Å². The second kappa shape index (κ2) is 10.2. The Hall–Kier alpha value is -4.84. The Morgan fingerprint density at radius 1 is 1.03 bits per heavy atom. The van der Waals surface area contributed by atoms with Gasteiger partial charge in [0, 0.05) is 36.6 Å². The SMILES string of the molecule is CCC(=O)c1cnc(Nc2cccc(C#N)n2)cc1Nc1cccc(-c2cnccn2)c1OC. The quantitative estimate of drug-likeness (QED) is 0.360. The minimum Gasteiger partial charge on any atom is -0.494 e. The van der Waals surface area contributed by atoms with Crippen molar-refractivity contribution in [3.05, 3.63) is 78.5 Å². The number of nitrogens with zero attached hydrogens (tertiary/aromatic N) is 5. The lowest BCUT2D eigenvalue weighted by molar-refractivity contribution is 0.0988. The van der Waals surface area contributed by atoms with Crippen molar-refractivity contribution < 1.29 is 9.53 Å². The molecule has 4 aromatic rings. The van der Waals surface area contributed by atoms with Gasteiger partial charge in [-0.05, 0) is 24.3 Å². The number of nitriles is 1. The number of hydrogen-bond donors (Lipinski definition) is 2. The Labute approximate surface area is 196 Å². The number of pyridine rings is 2. The second-order valence-electron chi connectivity index (χ2n) is 7.14. The lowest BCUT2D eigenvalue weighted by Crippen LogP contribution is -2.07. The molecule has 0 amide bonds. The number of carbonyl (C=O) groups is 1. The van der Waals surface area contributed by atoms with Gasteiger partial charge in [-0.3, -0.25) is 14.8 Å². The van der Waals surface area contributed by atoms with Crippen molar-refractivity contribution in [2.45, 2.75) is 13.3 Å². The van der Waals surface area contributed by atoms with Gasteiger partial charge in [0.25, 0.3) is 0 Å². The van der Waals surface area contributed by atoms with Crippen LogP contribution < -0.4 is 15.4 Å². The van der Waals surface area contributed by atoms with E-state index in [1.165, 1.54) is 6.20 Å². The van der Waals surface area contributed by atoms with Gasteiger partial charge < -0.3 is 15.4 Å². The van der Waals surface area contributed by atoms with Gasteiger partial charge in [0.1, 0.15) is 23.4 Å². The van der Waals surface area contributed by atoms with Crippen LogP contribution in [0.25, 0.3) is 11.3 Å². The number of Topliss-reactive ketones (excluding diaryl/α,β-unsaturated/α-hetero) is 1. The fourth-order valence-electron chi connectivity index (χ4n) is 3.38. The summed E-state index contributed by atoms with van der Waals surface area (Å²) in [4.78, 5) is 29.7. The van der Waals surface area contributed by atoms with E-state index in [9.17, 15) is 4.79 Å². The van der Waals surface area contributed by atoms with Crippen molar-refractivity contribution >= 4 is 28.8 Å². The van der Waals surface area contributed by atoms with Crippen molar-refractivity contribution in [2.24, 2.45) is 0 Å². The van der Waals surface area contributed by atoms with E-state index in [4.69, 9.17) is 10.00 Å². The number of methoxy groups -OCH3 is 1. The zero-order chi connectivity index (χ0) is 23.9. The Kier molecular flexibility index (Phi) is 6.70. The predicted molar refractivity (Wildman–Crippen MR) is 128 cm³/mol. The third kappa shape index (κ3) is 4.81. The van der Waals surface area contributed by atoms with Gasteiger partial charge in [0.2, 0.25) is 0 Å². The first-order chi connectivity index (χ1) is 16.6. The number of para-hydroxylation sites is 1. The predicted octanol–water partition coefficient (Wildman–Crippen LogP) is 4.89. The monoisotopic (exact) mass is 451 g/mol. The molecule has 0 bridgehead atoms. The number of aromatic nitrogens is 4. The molecule has 0 aliphatic carbocycles. The highest BCUT2D eigenvalue weighted by Crippen LogP contribution is 2.37. The summed E-state index contributed by atoms with van der Waals surface area (Å²) in [6.45, 7) is 1.80. The van der Waals surface area contributed by atoms with Gasteiger partial charge in [0.15, 0.2) is 11.5 Å². The lowest BCUT2D eigenvalue weighted by Gasteiger charge is -2.17. The maximum absolute atomic E-state index is 12.6. The molecule has 2 N–H and O–H groups in total. The molecule has 9 nitrogen and oxygen atoms in total. The third-order valence-corrected chi connectivity index (χ3v) is 4.97. The minimum absolute atomic E-state index is 0.0600. The lowest BCUT2D eigenvalue weighted by atomic mass is 10.1. The number of hydrogen-bond acceptors (Lipinski definition) is 9. The molecule has 0 aliphatic heterocycles. The number of anilines is 4. The summed E-state index contributed by atoms with van der Waals surface area (Å²) in [6, 6.07) is 14.4. The molecule has 34 heavy (non-hydrogen) atoms. The molecule has 0 unspecified atom stereocenters. The van der Waals surface area contributed by atoms with E-state index in [2.05, 4.69) is 30.6 Å². The zero-order valence-corrected chi connectivity index (χ0v) is 18.6. The first-order valence-electron chi connectivity index (χ1n) is 10.5. The van der Waals surface area contributed by atoms with E-state index in [0.29, 0.717) is 46.4 Å². The Balaban J connectivity index is 1.73. The molecule has 168 valence electrons. The van der Waals surface area contributed by atoms with Crippen molar-refractivity contribution in [1.29, 1.82) is 5.26 Å². The molecule has 0 aliphatic rings. The summed E-state index contributed by atoms with van der Waals surface area (Å²) in [6.07, 6.45) is 6.72. The molecule has 0 fully saturated rings. The highest BCUT2D eigenvalue weighted by Gasteiger charge is 2.17. The average molecular weight is 451 g/mol. The standard InChI is InChI=1S/C25H21N7O2/c1-3-22(33)18-14-29-24(32-23-9-4-6-16(13-26)30-23)12-20(18)31-19-8-5-7-17(25(19)34-2)21-15-27-10-11-28-21/h4-12,14-15H,3H2,1-2H3,(H2,29,30,31,32). The second-order valence-corrected chi connectivity index (χ2v) is 7.14. The highest BCUT2D eigenvalue weighted by molar-refractivity contribution is 6.02. The average Bonchev–Trinajstić information content (AvgIpc) is 2.89. The highest BCUT2D eigenvalue weighted by atomic mass is 16.5. The van der Waals surface area contributed by atoms with E-state index in [0.717, 1.165) is 5.56 Å². The topological polar surface area (TPSA) is 126 Å². The number of carbonyl (C=O) groups excluding carboxylic acids is 1. The van der Waals surface area contributed by atoms with Crippen molar-refractivity contribution in [1.82, 2.24) is 19.9 Å². The summed E-state index contributed by atoms with van der Waals surface area (Å²) in [5, 5.41) is 15.5. The molecule has 0 atom stereocenters. The summed E-state index contributed by atoms with van der Waals surface area (Å²) in [5.74, 6) is 1.43. The number of nitrogens with one attached hydrogen (secondary N) is 2. The molecule has 4 rings (SSSR count). The van der Waals surface area contributed by atoms with Crippen molar-refractivity contribution in [3.63, 3.8) is 0 Å². The van der Waals surface area contributed by atoms with Crippen LogP contribution in [-0.2, 0) is 0 Å². The largest absolute Gasteiger partial charge is 0.494 e. The molecule has 0 spiro atoms. The van der Waals surface area contributed by atoms with Gasteiger partial charge in [0.05, 0.1) is 35.9 Å². The van der Waals surface area contributed by atoms with Crippen molar-refractivity contribution in [2.75, 3.05) is 17.7 Å². The van der Waals surface area contributed by atoms with Gasteiger partial charge in [-0.1, -0.05) is 19.1 Å². The number of ether oxygens (including phenoxy) is 1. The molecule has 3 aromatic heterocycles. The third-order valence-electron chi connectivity index (χ3n) is 4.97. The Morgan fingerprint density at radius 2 is 1.88 bits per heavy atom. The Bertz CT molecular complexity index is 1370. The summed E-state index contributed by atoms with van der Waals surface area (Å²) < 4.78 is 5.69. The van der Waals surface area contributed by atoms with Gasteiger partial charge in [-0.25, -0.2) is 9.97 Å². The number of benzene rings is 1. The normalized spacial score (nSPS) is 10.3. The Morgan fingerprint density at radius 3 is 2.62 bits per heavy atom. The van der Waals surface area contributed by atoms with Crippen LogP contribution in [-0.4, -0.2) is 32.8 Å². The van der Waals surface area contributed by atoms with Gasteiger partial charge >= 0.3 is 0 Å². The van der Waals surface area contributed by atoms with Crippen LogP contribution in [0.1, 0.15) is 29.4 Å². The first kappa shape index (κ1) is 22.4. The summed E-state index contributed by atoms with van der Waals surface area (Å²) >= 11 is 0. The van der Waals surface area contributed by atoms with Crippen LogP contribution in [0.2, 0.25) is 0 Å². The van der Waals surface area contributed by atoms with Crippen LogP contribution in [0.4, 0.5) is 23.0 Å². The smallest absolute Gasteiger partial charge is 0.166 e. The molecule has 0 radical (unpaired) electrons. The molecule has 1 aromatic carbocycles. The molecule has 0 saturated carbocycles. The van der Waals surface area contributed by atoms with E-state index in [-0.39, 0.29) is 11.5 Å². The fourth-order valence-corrected chi connectivity index (χ4v) is 3.38. The molecular weight excluding hydrogens is 430 g/mol. The van der Waals surface area contributed by atoms with Crippen LogP contribution in [0.5, 0.6) is 5.75 Å². The number of ketones is 1. The first-order valence-corrected chi connectivity index (χ1v) is 10.5. The van der Waals surface area contributed by atoms with E-state index in [1.54, 1.807) is 56.9 Å². The van der Waals surface area contributed by atoms with Crippen LogP contribution in [0, 0.1) is 11.3 Å². The molecule has 0 saturated heterocycles. The molecule has 3 heterocycles. The van der Waals surface area contributed by atoms with Gasteiger partial charge in [-0.2, -0.15) is 5.26 Å². The minimum atomic E-state index is -0.0600. The van der Waals surface area contributed by atoms with E-state index in [1.807, 2.05) is 24.3 Å². The maximum Gasteiger partial charge on any atom is 0.166 e. The summed E-state index contributed by atoms with van der Waals surface area (Å²) in [7, 11) is 1.58. The number of rotatable bonds is 8. The van der Waals surface area contributed by atoms with Gasteiger partial charge in [-0.15, -0.1) is 0 Å². The summed E-state index contributed by atoms with van der Waals surface area (Å²) in [5.41, 5.74) is 3.35. The van der Waals surface area contributed by atoms with Crippen LogP contribution >= 0.6 is 0 Å². The van der Waals surface area contributed by atoms with E-state index >= 15 is 0 Å². The molecular formula is C25H21N7O2. The molecule has 9 heteroatoms. The fraction of sp³-hybridized carbons (Fsp3) is 0.120. The van der Waals surface area contributed by atoms with Crippen LogP contribution in [0.15, 0.2) is 67.3 Å². The zero-order valence-electron chi connectivity index (χ0n) is 18.6.